The van der Waals surface area contributed by atoms with Crippen LogP contribution < -0.4 is 5.01 Å². The number of rotatable bonds is 4. The monoisotopic (exact) mass is 131 g/mol. The second-order valence-electron chi connectivity index (χ2n) is 2.51. The maximum absolute atomic E-state index is 7.30. The van der Waals surface area contributed by atoms with E-state index in [-0.39, 0.29) is 0 Å². The van der Waals surface area contributed by atoms with Crippen LogP contribution in [0.2, 0.25) is 0 Å². The minimum absolute atomic E-state index is 0.851. The van der Waals surface area contributed by atoms with Crippen molar-refractivity contribution in [2.45, 2.75) is 6.92 Å². The molecule has 0 aliphatic rings. The number of nitrogens with zero attached hydrogens (tertiary/aromatic N) is 1. The van der Waals surface area contributed by atoms with Gasteiger partial charge in [-0.05, 0) is 21.0 Å². The minimum Gasteiger partial charge on any atom is -0.469 e. The summed E-state index contributed by atoms with van der Waals surface area (Å²) in [6.07, 6.45) is 0. The molecule has 0 spiro atoms. The van der Waals surface area contributed by atoms with Gasteiger partial charge in [0.25, 0.3) is 0 Å². The van der Waals surface area contributed by atoms with Crippen LogP contribution in [0.5, 0.6) is 0 Å². The van der Waals surface area contributed by atoms with E-state index in [4.69, 9.17) is 5.84 Å². The smallest absolute Gasteiger partial charge is 0.0810 e. The van der Waals surface area contributed by atoms with Crippen LogP contribution in [0.15, 0.2) is 0 Å². The van der Waals surface area contributed by atoms with Crippen molar-refractivity contribution < 1.29 is 5.01 Å². The summed E-state index contributed by atoms with van der Waals surface area (Å²) in [6, 6.07) is 0. The number of hydrogen-bond donors (Lipinski definition) is 1. The third kappa shape index (κ3) is 5.76. The van der Waals surface area contributed by atoms with Gasteiger partial charge in [-0.1, -0.05) is 0 Å². The maximum atomic E-state index is 7.30. The molecule has 0 aromatic carbocycles. The Bertz CT molecular complexity index is 63.3. The molecule has 0 aromatic heterocycles. The largest absolute Gasteiger partial charge is 0.469 e. The second-order valence-corrected chi connectivity index (χ2v) is 2.51. The Morgan fingerprint density at radius 1 is 1.44 bits per heavy atom. The molecule has 1 unspecified atom stereocenters. The number of likely N-dealkylation sites (N-methyl/N-ethyl adjacent to an activating group) is 2. The van der Waals surface area contributed by atoms with Crippen molar-refractivity contribution in [1.82, 2.24) is 4.90 Å². The molecule has 0 fully saturated rings. The fourth-order valence-electron chi connectivity index (χ4n) is 0.535. The molecular weight excluding hydrogens is 114 g/mol. The fraction of sp³-hybridized carbons (Fsp3) is 1.00. The Kier molecular flexibility index (Phi) is 4.67. The van der Waals surface area contributed by atoms with Crippen molar-refractivity contribution in [3.63, 3.8) is 0 Å². The van der Waals surface area contributed by atoms with Crippen molar-refractivity contribution in [2.24, 2.45) is 0 Å². The summed E-state index contributed by atoms with van der Waals surface area (Å²) in [5.41, 5.74) is 0. The molecule has 0 rings (SSSR count). The first-order chi connectivity index (χ1) is 4.16. The molecule has 0 aliphatic carbocycles. The van der Waals surface area contributed by atoms with E-state index >= 15 is 0 Å². The first-order valence-electron chi connectivity index (χ1n) is 3.37. The van der Waals surface area contributed by atoms with E-state index in [0.29, 0.717) is 0 Å². The van der Waals surface area contributed by atoms with E-state index in [9.17, 15) is 0 Å². The molecule has 0 aromatic rings. The van der Waals surface area contributed by atoms with E-state index in [2.05, 4.69) is 4.90 Å². The van der Waals surface area contributed by atoms with Crippen LogP contribution in [0, 0.1) is 0 Å². The zero-order valence-corrected chi connectivity index (χ0v) is 6.57. The second kappa shape index (κ2) is 4.73. The van der Waals surface area contributed by atoms with E-state index in [0.717, 1.165) is 24.6 Å². The lowest BCUT2D eigenvalue weighted by Gasteiger charge is -2.21. The van der Waals surface area contributed by atoms with Gasteiger partial charge in [0.15, 0.2) is 0 Å². The van der Waals surface area contributed by atoms with E-state index in [1.807, 2.05) is 21.0 Å². The summed E-state index contributed by atoms with van der Waals surface area (Å²) >= 11 is 0. The predicted octanol–water partition coefficient (Wildman–Crippen LogP) is -0.580. The molecule has 1 atom stereocenters. The van der Waals surface area contributed by atoms with Crippen molar-refractivity contribution in [2.75, 3.05) is 33.7 Å². The van der Waals surface area contributed by atoms with Crippen LogP contribution in [0.3, 0.4) is 0 Å². The molecule has 0 bridgehead atoms. The summed E-state index contributed by atoms with van der Waals surface area (Å²) in [4.78, 5) is 2.10. The number of nitrogens with one attached hydrogen (secondary N) is 2. The summed E-state index contributed by atoms with van der Waals surface area (Å²) in [6.45, 7) is 4.85. The molecule has 0 amide bonds. The SMILES string of the molecule is CC[NH+]([NH-])CCN(C)C. The van der Waals surface area contributed by atoms with Gasteiger partial charge in [0.1, 0.15) is 0 Å². The molecule has 9 heavy (non-hydrogen) atoms. The lowest BCUT2D eigenvalue weighted by molar-refractivity contribution is -0.845. The Morgan fingerprint density at radius 3 is 2.33 bits per heavy atom. The molecule has 3 heteroatoms. The molecule has 0 heterocycles. The summed E-state index contributed by atoms with van der Waals surface area (Å²) < 4.78 is 0. The summed E-state index contributed by atoms with van der Waals surface area (Å²) in [7, 11) is 4.06. The van der Waals surface area contributed by atoms with E-state index < -0.39 is 0 Å². The van der Waals surface area contributed by atoms with Crippen LogP contribution in [0.4, 0.5) is 0 Å². The van der Waals surface area contributed by atoms with Crippen LogP contribution >= 0.6 is 0 Å². The van der Waals surface area contributed by atoms with Crippen molar-refractivity contribution >= 4 is 0 Å². The van der Waals surface area contributed by atoms with Crippen LogP contribution in [-0.4, -0.2) is 38.6 Å². The van der Waals surface area contributed by atoms with Gasteiger partial charge in [0, 0.05) is 6.54 Å². The number of quaternary nitrogens is 1. The Hall–Kier alpha value is -0.120. The maximum Gasteiger partial charge on any atom is 0.0810 e. The first kappa shape index (κ1) is 8.88. The molecular formula is C6H17N3. The lowest BCUT2D eigenvalue weighted by atomic mass is 10.5. The topological polar surface area (TPSA) is 31.5 Å². The summed E-state index contributed by atoms with van der Waals surface area (Å²) in [5.74, 6) is 7.30. The minimum atomic E-state index is 0.851. The van der Waals surface area contributed by atoms with E-state index in [1.54, 1.807) is 0 Å². The molecule has 0 saturated heterocycles. The highest BCUT2D eigenvalue weighted by Crippen LogP contribution is 1.66. The Balaban J connectivity index is 3.06. The van der Waals surface area contributed by atoms with Gasteiger partial charge in [-0.15, -0.1) is 0 Å². The third-order valence-corrected chi connectivity index (χ3v) is 1.29. The van der Waals surface area contributed by atoms with Crippen molar-refractivity contribution in [3.8, 4) is 0 Å². The average Bonchev–Trinajstić information content (AvgIpc) is 1.83. The highest BCUT2D eigenvalue weighted by Gasteiger charge is 1.92. The van der Waals surface area contributed by atoms with Crippen molar-refractivity contribution in [3.05, 3.63) is 5.84 Å². The zero-order valence-electron chi connectivity index (χ0n) is 6.57. The molecule has 0 radical (unpaired) electrons. The summed E-state index contributed by atoms with van der Waals surface area (Å²) in [5, 5.41) is 0.851. The van der Waals surface area contributed by atoms with Gasteiger partial charge in [0.2, 0.25) is 0 Å². The van der Waals surface area contributed by atoms with Gasteiger partial charge in [-0.2, -0.15) is 0 Å². The van der Waals surface area contributed by atoms with E-state index in [1.165, 1.54) is 0 Å². The third-order valence-electron chi connectivity index (χ3n) is 1.29. The van der Waals surface area contributed by atoms with Gasteiger partial charge in [-0.25, -0.2) is 0 Å². The molecule has 56 valence electrons. The van der Waals surface area contributed by atoms with Crippen molar-refractivity contribution in [1.29, 1.82) is 0 Å². The standard InChI is InChI=1S/C6H17N3/c1-4-9(7)6-5-8(2)3/h7,9H,4-6H2,1-3H3. The highest BCUT2D eigenvalue weighted by atomic mass is 15.4. The van der Waals surface area contributed by atoms with Crippen LogP contribution in [-0.2, 0) is 0 Å². The quantitative estimate of drug-likeness (QED) is 0.509. The number of hydrogen-bond acceptors (Lipinski definition) is 1. The molecule has 3 nitrogen and oxygen atoms in total. The fourth-order valence-corrected chi connectivity index (χ4v) is 0.535. The van der Waals surface area contributed by atoms with Gasteiger partial charge in [0.05, 0.1) is 13.1 Å². The average molecular weight is 131 g/mol. The Labute approximate surface area is 57.4 Å². The van der Waals surface area contributed by atoms with Crippen LogP contribution in [0.1, 0.15) is 6.92 Å². The zero-order chi connectivity index (χ0) is 7.28. The lowest BCUT2D eigenvalue weighted by Crippen LogP contribution is -3.05. The predicted molar refractivity (Wildman–Crippen MR) is 39.2 cm³/mol. The van der Waals surface area contributed by atoms with Gasteiger partial charge < -0.3 is 15.8 Å². The van der Waals surface area contributed by atoms with Gasteiger partial charge in [-0.3, -0.25) is 0 Å². The Morgan fingerprint density at radius 2 is 2.00 bits per heavy atom. The molecule has 0 aliphatic heterocycles. The normalized spacial score (nSPS) is 14.3. The molecule has 0 saturated carbocycles. The first-order valence-corrected chi connectivity index (χ1v) is 3.37. The highest BCUT2D eigenvalue weighted by molar-refractivity contribution is 4.37. The molecule has 2 N–H and O–H groups in total. The van der Waals surface area contributed by atoms with Gasteiger partial charge >= 0.3 is 0 Å². The van der Waals surface area contributed by atoms with Crippen LogP contribution in [0.25, 0.3) is 5.84 Å².